The van der Waals surface area contributed by atoms with Crippen molar-refractivity contribution in [1.82, 2.24) is 10.2 Å². The Labute approximate surface area is 220 Å². The molecule has 9 nitrogen and oxygen atoms in total. The summed E-state index contributed by atoms with van der Waals surface area (Å²) >= 11 is 0. The Bertz CT molecular complexity index is 1160. The van der Waals surface area contributed by atoms with E-state index in [1.54, 1.807) is 50.4 Å². The van der Waals surface area contributed by atoms with Gasteiger partial charge in [-0.3, -0.25) is 13.9 Å². The van der Waals surface area contributed by atoms with Crippen LogP contribution in [0.5, 0.6) is 11.5 Å². The van der Waals surface area contributed by atoms with Gasteiger partial charge in [-0.05, 0) is 63.9 Å². The van der Waals surface area contributed by atoms with Crippen LogP contribution in [0.1, 0.15) is 46.1 Å². The van der Waals surface area contributed by atoms with Crippen LogP contribution in [0.15, 0.2) is 48.5 Å². The summed E-state index contributed by atoms with van der Waals surface area (Å²) in [5, 5.41) is 2.93. The third-order valence-corrected chi connectivity index (χ3v) is 6.86. The largest absolute Gasteiger partial charge is 0.497 e. The van der Waals surface area contributed by atoms with E-state index in [1.165, 1.54) is 16.3 Å². The van der Waals surface area contributed by atoms with E-state index < -0.39 is 21.6 Å². The quantitative estimate of drug-likeness (QED) is 0.447. The smallest absolute Gasteiger partial charge is 0.242 e. The van der Waals surface area contributed by atoms with E-state index in [0.717, 1.165) is 11.8 Å². The van der Waals surface area contributed by atoms with E-state index in [2.05, 4.69) is 5.32 Å². The molecule has 0 fully saturated rings. The summed E-state index contributed by atoms with van der Waals surface area (Å²) < 4.78 is 36.9. The monoisotopic (exact) mass is 533 g/mol. The zero-order chi connectivity index (χ0) is 27.8. The van der Waals surface area contributed by atoms with Gasteiger partial charge in [0.1, 0.15) is 17.5 Å². The number of carbonyl (C=O) groups is 2. The van der Waals surface area contributed by atoms with Crippen LogP contribution < -0.4 is 19.1 Å². The molecule has 2 rings (SSSR count). The van der Waals surface area contributed by atoms with E-state index in [-0.39, 0.29) is 37.7 Å². The molecule has 0 spiro atoms. The second kappa shape index (κ2) is 12.8. The lowest BCUT2D eigenvalue weighted by atomic mass is 10.1. The van der Waals surface area contributed by atoms with Gasteiger partial charge in [0.05, 0.1) is 26.2 Å². The number of methoxy groups -OCH3 is 2. The van der Waals surface area contributed by atoms with Crippen molar-refractivity contribution in [3.8, 4) is 11.5 Å². The Morgan fingerprint density at radius 2 is 1.62 bits per heavy atom. The first-order chi connectivity index (χ1) is 17.3. The molecule has 10 heteroatoms. The summed E-state index contributed by atoms with van der Waals surface area (Å²) in [5.74, 6) is 0.604. The number of nitrogens with zero attached hydrogens (tertiary/aromatic N) is 2. The Kier molecular flexibility index (Phi) is 10.4. The molecule has 0 bridgehead atoms. The second-order valence-corrected chi connectivity index (χ2v) is 11.8. The van der Waals surface area contributed by atoms with Crippen LogP contribution >= 0.6 is 0 Å². The number of rotatable bonds is 12. The number of para-hydroxylation sites is 2. The van der Waals surface area contributed by atoms with E-state index in [0.29, 0.717) is 17.2 Å². The third-order valence-electron chi connectivity index (χ3n) is 5.68. The van der Waals surface area contributed by atoms with Gasteiger partial charge in [0.25, 0.3) is 0 Å². The standard InChI is InChI=1S/C27H39N3O6S/c1-20(26(32)28-27(2,3)4)29(19-21-14-16-22(35-5)17-15-21)25(31)13-10-18-30(37(7,33)34)23-11-8-9-12-24(23)36-6/h8-9,11-12,14-17,20H,10,13,18-19H2,1-7H3,(H,28,32)/t20-/m1/s1. The lowest BCUT2D eigenvalue weighted by Gasteiger charge is -2.32. The Morgan fingerprint density at radius 1 is 1.00 bits per heavy atom. The summed E-state index contributed by atoms with van der Waals surface area (Å²) in [6.45, 7) is 7.65. The Hall–Kier alpha value is -3.27. The van der Waals surface area contributed by atoms with Crippen molar-refractivity contribution < 1.29 is 27.5 Å². The fraction of sp³-hybridized carbons (Fsp3) is 0.481. The van der Waals surface area contributed by atoms with Gasteiger partial charge in [0.15, 0.2) is 0 Å². The minimum Gasteiger partial charge on any atom is -0.497 e. The predicted octanol–water partition coefficient (Wildman–Crippen LogP) is 3.58. The zero-order valence-electron chi connectivity index (χ0n) is 22.8. The molecule has 0 unspecified atom stereocenters. The molecule has 0 aliphatic carbocycles. The second-order valence-electron chi connectivity index (χ2n) is 9.90. The van der Waals surface area contributed by atoms with Crippen molar-refractivity contribution >= 4 is 27.5 Å². The number of nitrogens with one attached hydrogen (secondary N) is 1. The molecule has 0 aliphatic heterocycles. The van der Waals surface area contributed by atoms with Gasteiger partial charge < -0.3 is 19.7 Å². The van der Waals surface area contributed by atoms with Crippen LogP contribution in [0.3, 0.4) is 0 Å². The van der Waals surface area contributed by atoms with Crippen molar-refractivity contribution in [3.63, 3.8) is 0 Å². The molecule has 0 heterocycles. The lowest BCUT2D eigenvalue weighted by Crippen LogP contribution is -2.52. The number of ether oxygens (including phenoxy) is 2. The maximum Gasteiger partial charge on any atom is 0.242 e. The molecule has 2 aromatic rings. The molecule has 204 valence electrons. The van der Waals surface area contributed by atoms with E-state index >= 15 is 0 Å². The van der Waals surface area contributed by atoms with Crippen LogP contribution in [0.25, 0.3) is 0 Å². The highest BCUT2D eigenvalue weighted by Crippen LogP contribution is 2.29. The minimum absolute atomic E-state index is 0.0600. The molecule has 2 amide bonds. The van der Waals surface area contributed by atoms with Crippen molar-refractivity contribution in [1.29, 1.82) is 0 Å². The summed E-state index contributed by atoms with van der Waals surface area (Å²) in [6, 6.07) is 13.4. The number of anilines is 1. The highest BCUT2D eigenvalue weighted by molar-refractivity contribution is 7.92. The molecule has 0 saturated carbocycles. The average molecular weight is 534 g/mol. The minimum atomic E-state index is -3.62. The highest BCUT2D eigenvalue weighted by Gasteiger charge is 2.29. The van der Waals surface area contributed by atoms with Crippen LogP contribution in [0, 0.1) is 0 Å². The predicted molar refractivity (Wildman–Crippen MR) is 145 cm³/mol. The molecule has 0 aromatic heterocycles. The molecule has 0 radical (unpaired) electrons. The first-order valence-corrected chi connectivity index (χ1v) is 14.0. The van der Waals surface area contributed by atoms with Crippen LogP contribution in [-0.4, -0.2) is 63.7 Å². The van der Waals surface area contributed by atoms with Gasteiger partial charge >= 0.3 is 0 Å². The fourth-order valence-corrected chi connectivity index (χ4v) is 4.77. The molecule has 0 saturated heterocycles. The van der Waals surface area contributed by atoms with Crippen molar-refractivity contribution in [2.24, 2.45) is 0 Å². The molecule has 2 aromatic carbocycles. The van der Waals surface area contributed by atoms with Crippen molar-refractivity contribution in [3.05, 3.63) is 54.1 Å². The van der Waals surface area contributed by atoms with Gasteiger partial charge in [-0.25, -0.2) is 8.42 Å². The number of carbonyl (C=O) groups excluding carboxylic acids is 2. The maximum absolute atomic E-state index is 13.4. The normalized spacial score (nSPS) is 12.4. The van der Waals surface area contributed by atoms with Gasteiger partial charge in [0.2, 0.25) is 21.8 Å². The van der Waals surface area contributed by atoms with Crippen LogP contribution in [0.2, 0.25) is 0 Å². The summed E-state index contributed by atoms with van der Waals surface area (Å²) in [6.07, 6.45) is 1.44. The van der Waals surface area contributed by atoms with Gasteiger partial charge in [-0.2, -0.15) is 0 Å². The fourth-order valence-electron chi connectivity index (χ4n) is 3.80. The van der Waals surface area contributed by atoms with E-state index in [1.807, 2.05) is 32.9 Å². The maximum atomic E-state index is 13.4. The van der Waals surface area contributed by atoms with Crippen molar-refractivity contribution in [2.45, 2.75) is 58.7 Å². The number of sulfonamides is 1. The molecule has 0 aliphatic rings. The number of hydrogen-bond donors (Lipinski definition) is 1. The van der Waals surface area contributed by atoms with Gasteiger partial charge in [0, 0.05) is 25.0 Å². The number of amides is 2. The summed E-state index contributed by atoms with van der Waals surface area (Å²) in [4.78, 5) is 27.9. The first-order valence-electron chi connectivity index (χ1n) is 12.1. The third kappa shape index (κ3) is 8.96. The van der Waals surface area contributed by atoms with E-state index in [4.69, 9.17) is 9.47 Å². The van der Waals surface area contributed by atoms with E-state index in [9.17, 15) is 18.0 Å². The Morgan fingerprint density at radius 3 is 2.16 bits per heavy atom. The van der Waals surface area contributed by atoms with Gasteiger partial charge in [-0.15, -0.1) is 0 Å². The summed E-state index contributed by atoms with van der Waals surface area (Å²) in [5.41, 5.74) is 0.801. The van der Waals surface area contributed by atoms with Crippen LogP contribution in [0.4, 0.5) is 5.69 Å². The summed E-state index contributed by atoms with van der Waals surface area (Å²) in [7, 11) is -0.568. The number of benzene rings is 2. The van der Waals surface area contributed by atoms with Crippen molar-refractivity contribution in [2.75, 3.05) is 31.3 Å². The topological polar surface area (TPSA) is 105 Å². The number of hydrogen-bond acceptors (Lipinski definition) is 6. The Balaban J connectivity index is 2.22. The molecule has 1 N–H and O–H groups in total. The SMILES string of the molecule is COc1ccc(CN(C(=O)CCCN(c2ccccc2OC)S(C)(=O)=O)[C@H](C)C(=O)NC(C)(C)C)cc1. The highest BCUT2D eigenvalue weighted by atomic mass is 32.2. The zero-order valence-corrected chi connectivity index (χ0v) is 23.6. The molecular formula is C27H39N3O6S. The first kappa shape index (κ1) is 30.0. The lowest BCUT2D eigenvalue weighted by molar-refractivity contribution is -0.141. The van der Waals surface area contributed by atoms with Crippen LogP contribution in [-0.2, 0) is 26.2 Å². The average Bonchev–Trinajstić information content (AvgIpc) is 2.83. The van der Waals surface area contributed by atoms with Gasteiger partial charge in [-0.1, -0.05) is 24.3 Å². The molecule has 37 heavy (non-hydrogen) atoms. The molecular weight excluding hydrogens is 494 g/mol. The molecule has 1 atom stereocenters.